The van der Waals surface area contributed by atoms with Crippen LogP contribution < -0.4 is 5.32 Å². The number of rotatable bonds is 6. The number of aromatic hydroxyl groups is 1. The molecule has 6 heteroatoms. The van der Waals surface area contributed by atoms with E-state index in [2.05, 4.69) is 5.32 Å². The van der Waals surface area contributed by atoms with Gasteiger partial charge in [0.15, 0.2) is 0 Å². The summed E-state index contributed by atoms with van der Waals surface area (Å²) in [7, 11) is 0. The smallest absolute Gasteiger partial charge is 0.335 e. The Kier molecular flexibility index (Phi) is 5.47. The molecule has 0 bridgehead atoms. The van der Waals surface area contributed by atoms with Crippen LogP contribution in [0.5, 0.6) is 5.75 Å². The van der Waals surface area contributed by atoms with Gasteiger partial charge in [0, 0.05) is 23.9 Å². The zero-order valence-electron chi connectivity index (χ0n) is 18.1. The number of furan rings is 1. The van der Waals surface area contributed by atoms with E-state index in [1.54, 1.807) is 48.7 Å². The van der Waals surface area contributed by atoms with Crippen LogP contribution in [-0.2, 0) is 13.0 Å². The van der Waals surface area contributed by atoms with Gasteiger partial charge in [-0.05, 0) is 82.1 Å². The lowest BCUT2D eigenvalue weighted by Gasteiger charge is -2.10. The van der Waals surface area contributed by atoms with Crippen LogP contribution in [0.25, 0.3) is 21.7 Å². The van der Waals surface area contributed by atoms with E-state index in [9.17, 15) is 14.7 Å². The molecule has 0 saturated heterocycles. The lowest BCUT2D eigenvalue weighted by atomic mass is 9.98. The highest BCUT2D eigenvalue weighted by atomic mass is 16.4. The number of aromatic carboxylic acids is 1. The van der Waals surface area contributed by atoms with Crippen molar-refractivity contribution < 1.29 is 24.2 Å². The molecule has 6 nitrogen and oxygen atoms in total. The molecule has 3 N–H and O–H groups in total. The Bertz CT molecular complexity index is 1530. The van der Waals surface area contributed by atoms with E-state index in [1.807, 2.05) is 36.4 Å². The van der Waals surface area contributed by atoms with E-state index in [-0.39, 0.29) is 17.2 Å². The molecule has 0 fully saturated rings. The molecule has 0 aliphatic heterocycles. The predicted octanol–water partition coefficient (Wildman–Crippen LogP) is 5.51. The summed E-state index contributed by atoms with van der Waals surface area (Å²) >= 11 is 0. The van der Waals surface area contributed by atoms with Crippen LogP contribution in [0.2, 0.25) is 0 Å². The van der Waals surface area contributed by atoms with Gasteiger partial charge in [0.05, 0.1) is 11.8 Å². The van der Waals surface area contributed by atoms with Gasteiger partial charge in [-0.25, -0.2) is 4.79 Å². The maximum Gasteiger partial charge on any atom is 0.335 e. The minimum Gasteiger partial charge on any atom is -0.508 e. The molecule has 34 heavy (non-hydrogen) atoms. The summed E-state index contributed by atoms with van der Waals surface area (Å²) < 4.78 is 5.35. The van der Waals surface area contributed by atoms with Crippen molar-refractivity contribution in [1.82, 2.24) is 5.32 Å². The average Bonchev–Trinajstić information content (AvgIpc) is 3.31. The Morgan fingerprint density at radius 2 is 1.53 bits per heavy atom. The van der Waals surface area contributed by atoms with E-state index in [1.165, 1.54) is 0 Å². The van der Waals surface area contributed by atoms with Crippen molar-refractivity contribution >= 4 is 33.6 Å². The molecule has 1 amide bonds. The molecule has 1 aromatic heterocycles. The van der Waals surface area contributed by atoms with Crippen LogP contribution in [-0.4, -0.2) is 22.1 Å². The maximum atomic E-state index is 12.8. The van der Waals surface area contributed by atoms with Crippen LogP contribution in [0.4, 0.5) is 0 Å². The molecule has 0 aliphatic rings. The van der Waals surface area contributed by atoms with E-state index in [0.717, 1.165) is 32.9 Å². The Morgan fingerprint density at radius 3 is 2.32 bits per heavy atom. The predicted molar refractivity (Wildman–Crippen MR) is 129 cm³/mol. The lowest BCUT2D eigenvalue weighted by molar-refractivity contribution is 0.0696. The number of benzene rings is 4. The standard InChI is InChI=1S/C28H21NO5/c30-25-15-20-6-7-22(27(31)29-16-18-3-8-26-21(12-18)9-10-34-26)13-23(20)14-24(25)11-17-1-4-19(5-2-17)28(32)33/h1-10,12-15,30H,11,16H2,(H,29,31)(H,32,33). The van der Waals surface area contributed by atoms with E-state index in [4.69, 9.17) is 9.52 Å². The Morgan fingerprint density at radius 1 is 0.765 bits per heavy atom. The third kappa shape index (κ3) is 4.34. The Balaban J connectivity index is 1.34. The fourth-order valence-corrected chi connectivity index (χ4v) is 4.01. The highest BCUT2D eigenvalue weighted by molar-refractivity contribution is 5.99. The van der Waals surface area contributed by atoms with Gasteiger partial charge in [-0.15, -0.1) is 0 Å². The van der Waals surface area contributed by atoms with Crippen LogP contribution in [0, 0.1) is 0 Å². The van der Waals surface area contributed by atoms with E-state index in [0.29, 0.717) is 24.1 Å². The molecule has 5 aromatic rings. The van der Waals surface area contributed by atoms with Crippen LogP contribution in [0.1, 0.15) is 37.4 Å². The summed E-state index contributed by atoms with van der Waals surface area (Å²) in [6.45, 7) is 0.394. The van der Waals surface area contributed by atoms with Gasteiger partial charge in [0.1, 0.15) is 11.3 Å². The van der Waals surface area contributed by atoms with E-state index >= 15 is 0 Å². The molecular formula is C28H21NO5. The number of hydrogen-bond acceptors (Lipinski definition) is 4. The van der Waals surface area contributed by atoms with Crippen molar-refractivity contribution in [2.24, 2.45) is 0 Å². The second kappa shape index (κ2) is 8.75. The first-order valence-corrected chi connectivity index (χ1v) is 10.8. The third-order valence-corrected chi connectivity index (χ3v) is 5.87. The van der Waals surface area contributed by atoms with Gasteiger partial charge in [0.2, 0.25) is 0 Å². The minimum absolute atomic E-state index is 0.154. The number of phenols is 1. The number of carbonyl (C=O) groups is 2. The number of carboxylic acid groups (broad SMARTS) is 1. The molecule has 0 saturated carbocycles. The monoisotopic (exact) mass is 451 g/mol. The van der Waals surface area contributed by atoms with E-state index < -0.39 is 5.97 Å². The minimum atomic E-state index is -0.979. The van der Waals surface area contributed by atoms with Crippen molar-refractivity contribution in [3.05, 3.63) is 113 Å². The summed E-state index contributed by atoms with van der Waals surface area (Å²) in [6, 6.07) is 23.1. The van der Waals surface area contributed by atoms with Gasteiger partial charge in [-0.2, -0.15) is 0 Å². The zero-order valence-corrected chi connectivity index (χ0v) is 18.1. The topological polar surface area (TPSA) is 99.8 Å². The van der Waals surface area contributed by atoms with Crippen molar-refractivity contribution in [3.8, 4) is 5.75 Å². The number of amides is 1. The number of carboxylic acids is 1. The van der Waals surface area contributed by atoms with Crippen LogP contribution in [0.15, 0.2) is 89.5 Å². The first-order valence-electron chi connectivity index (χ1n) is 10.8. The summed E-state index contributed by atoms with van der Waals surface area (Å²) in [5, 5.41) is 25.1. The summed E-state index contributed by atoms with van der Waals surface area (Å²) in [5.41, 5.74) is 4.10. The molecule has 0 atom stereocenters. The quantitative estimate of drug-likeness (QED) is 0.316. The normalized spacial score (nSPS) is 11.1. The van der Waals surface area contributed by atoms with Gasteiger partial charge in [0.25, 0.3) is 5.91 Å². The zero-order chi connectivity index (χ0) is 23.7. The average molecular weight is 451 g/mol. The fraction of sp³-hybridized carbons (Fsp3) is 0.0714. The number of nitrogens with one attached hydrogen (secondary N) is 1. The van der Waals surface area contributed by atoms with Gasteiger partial charge < -0.3 is 19.9 Å². The molecule has 0 unspecified atom stereocenters. The largest absolute Gasteiger partial charge is 0.508 e. The molecule has 0 spiro atoms. The van der Waals surface area contributed by atoms with Crippen LogP contribution >= 0.6 is 0 Å². The van der Waals surface area contributed by atoms with Gasteiger partial charge in [-0.3, -0.25) is 4.79 Å². The number of phenolic OH excluding ortho intramolecular Hbond substituents is 1. The summed E-state index contributed by atoms with van der Waals surface area (Å²) in [4.78, 5) is 23.8. The molecular weight excluding hydrogens is 430 g/mol. The number of fused-ring (bicyclic) bond motifs is 2. The first kappa shape index (κ1) is 21.3. The third-order valence-electron chi connectivity index (χ3n) is 5.87. The lowest BCUT2D eigenvalue weighted by Crippen LogP contribution is -2.22. The van der Waals surface area contributed by atoms with Crippen molar-refractivity contribution in [2.75, 3.05) is 0 Å². The molecule has 5 rings (SSSR count). The first-order chi connectivity index (χ1) is 16.5. The second-order valence-electron chi connectivity index (χ2n) is 8.20. The Hall–Kier alpha value is -4.58. The maximum absolute atomic E-state index is 12.8. The SMILES string of the molecule is O=C(O)c1ccc(Cc2cc3cc(C(=O)NCc4ccc5occc5c4)ccc3cc2O)cc1. The Labute approximate surface area is 195 Å². The number of carbonyl (C=O) groups excluding carboxylic acids is 1. The van der Waals surface area contributed by atoms with Crippen molar-refractivity contribution in [2.45, 2.75) is 13.0 Å². The van der Waals surface area contributed by atoms with Crippen molar-refractivity contribution in [1.29, 1.82) is 0 Å². The summed E-state index contributed by atoms with van der Waals surface area (Å²) in [5.74, 6) is -1.01. The molecule has 4 aromatic carbocycles. The van der Waals surface area contributed by atoms with Crippen LogP contribution in [0.3, 0.4) is 0 Å². The highest BCUT2D eigenvalue weighted by Gasteiger charge is 2.11. The molecule has 1 heterocycles. The molecule has 0 aliphatic carbocycles. The molecule has 0 radical (unpaired) electrons. The van der Waals surface area contributed by atoms with Gasteiger partial charge in [-0.1, -0.05) is 24.3 Å². The summed E-state index contributed by atoms with van der Waals surface area (Å²) in [6.07, 6.45) is 2.08. The van der Waals surface area contributed by atoms with Crippen molar-refractivity contribution in [3.63, 3.8) is 0 Å². The van der Waals surface area contributed by atoms with Gasteiger partial charge >= 0.3 is 5.97 Å². The molecule has 168 valence electrons. The number of hydrogen-bond donors (Lipinski definition) is 3. The second-order valence-corrected chi connectivity index (χ2v) is 8.20. The highest BCUT2D eigenvalue weighted by Crippen LogP contribution is 2.28. The fourth-order valence-electron chi connectivity index (χ4n) is 4.01.